The van der Waals surface area contributed by atoms with Gasteiger partial charge in [0.15, 0.2) is 17.9 Å². The van der Waals surface area contributed by atoms with Crippen molar-refractivity contribution < 1.29 is 61.8 Å². The summed E-state index contributed by atoms with van der Waals surface area (Å²) in [5.41, 5.74) is 0.698. The third-order valence-electron chi connectivity index (χ3n) is 11.8. The molecule has 1 aromatic heterocycles. The van der Waals surface area contributed by atoms with Gasteiger partial charge < -0.3 is 38.5 Å². The summed E-state index contributed by atoms with van der Waals surface area (Å²) in [5.74, 6) is -3.52. The molecule has 3 heterocycles. The minimum atomic E-state index is -5.32. The Morgan fingerprint density at radius 2 is 1.43 bits per heavy atom. The van der Waals surface area contributed by atoms with E-state index in [1.807, 2.05) is 11.8 Å². The molecule has 18 nitrogen and oxygen atoms in total. The van der Waals surface area contributed by atoms with Gasteiger partial charge in [0, 0.05) is 37.4 Å². The lowest BCUT2D eigenvalue weighted by Crippen LogP contribution is -2.70. The molecule has 0 bridgehead atoms. The second-order valence-corrected chi connectivity index (χ2v) is 17.6. The summed E-state index contributed by atoms with van der Waals surface area (Å²) in [6, 6.07) is 21.0. The number of carbonyl (C=O) groups is 5. The van der Waals surface area contributed by atoms with Gasteiger partial charge in [0.25, 0.3) is 5.91 Å². The highest BCUT2D eigenvalue weighted by Gasteiger charge is 2.58. The van der Waals surface area contributed by atoms with E-state index >= 15 is 9.59 Å². The average Bonchev–Trinajstić information content (AvgIpc) is 3.82. The first-order chi connectivity index (χ1) is 31.2. The van der Waals surface area contributed by atoms with Crippen molar-refractivity contribution in [1.29, 1.82) is 0 Å². The molecular weight excluding hydrogens is 860 g/mol. The van der Waals surface area contributed by atoms with Crippen LogP contribution in [-0.2, 0) is 37.9 Å². The number of benzene rings is 3. The van der Waals surface area contributed by atoms with Crippen LogP contribution in [0.25, 0.3) is 11.4 Å². The quantitative estimate of drug-likeness (QED) is 0.0479. The Balaban J connectivity index is 1.60. The Bertz CT molecular complexity index is 2330. The fourth-order valence-corrected chi connectivity index (χ4v) is 9.24. The van der Waals surface area contributed by atoms with Crippen LogP contribution in [0.15, 0.2) is 97.1 Å². The van der Waals surface area contributed by atoms with Crippen LogP contribution >= 0.6 is 7.60 Å². The maximum absolute atomic E-state index is 16.2. The molecule has 4 aromatic rings. The van der Waals surface area contributed by atoms with Gasteiger partial charge in [0.05, 0.1) is 46.2 Å². The van der Waals surface area contributed by atoms with Gasteiger partial charge in [0.2, 0.25) is 6.04 Å². The molecule has 0 spiro atoms. The van der Waals surface area contributed by atoms with E-state index in [4.69, 9.17) is 28.9 Å². The van der Waals surface area contributed by atoms with Crippen molar-refractivity contribution in [1.82, 2.24) is 19.8 Å². The van der Waals surface area contributed by atoms with E-state index in [0.717, 1.165) is 25.5 Å². The highest BCUT2D eigenvalue weighted by Crippen LogP contribution is 2.43. The van der Waals surface area contributed by atoms with E-state index in [-0.39, 0.29) is 56.0 Å². The van der Waals surface area contributed by atoms with Gasteiger partial charge in [-0.2, -0.15) is 0 Å². The zero-order chi connectivity index (χ0) is 46.7. The molecule has 2 aliphatic heterocycles. The molecule has 2 aliphatic rings. The van der Waals surface area contributed by atoms with Gasteiger partial charge in [0.1, 0.15) is 24.6 Å². The number of hydrogen-bond acceptors (Lipinski definition) is 13. The molecule has 6 rings (SSSR count). The molecule has 0 saturated carbocycles. The van der Waals surface area contributed by atoms with Crippen LogP contribution in [0.1, 0.15) is 59.9 Å². The molecular formula is C46H56N6O12P+. The lowest BCUT2D eigenvalue weighted by atomic mass is 9.96. The summed E-state index contributed by atoms with van der Waals surface area (Å²) in [5, 5.41) is 0. The number of esters is 2. The molecule has 19 heteroatoms. The summed E-state index contributed by atoms with van der Waals surface area (Å²) >= 11 is 0. The van der Waals surface area contributed by atoms with Crippen molar-refractivity contribution in [2.75, 3.05) is 78.3 Å². The molecule has 3 amide bonds. The number of nitrogens with zero attached hydrogens (tertiary/aromatic N) is 6. The molecule has 0 radical (unpaired) electrons. The topological polar surface area (TPSA) is 215 Å². The largest absolute Gasteiger partial charge is 0.467 e. The minimum Gasteiger partial charge on any atom is -0.467 e. The molecule has 346 valence electrons. The van der Waals surface area contributed by atoms with Crippen molar-refractivity contribution in [3.63, 3.8) is 0 Å². The lowest BCUT2D eigenvalue weighted by molar-refractivity contribution is -0.881. The zero-order valence-corrected chi connectivity index (χ0v) is 37.8. The Morgan fingerprint density at radius 1 is 0.831 bits per heavy atom. The SMILES string of the molecule is CCCCOC(=O)N1CC[N+](C(=O)[C@H](CP(=O)(O)O)N(C(=O)c2cc(N3CC[C@H](OC)C3)nc(-c3ccccc3)n2)C(C(=O)OC)c2ccccc2)([C@H](C(=O)OC)c2ccccc2)CC1. The van der Waals surface area contributed by atoms with E-state index in [2.05, 4.69) is 0 Å². The smallest absolute Gasteiger partial charge is 0.410 e. The maximum Gasteiger partial charge on any atom is 0.410 e. The molecule has 65 heavy (non-hydrogen) atoms. The first-order valence-corrected chi connectivity index (χ1v) is 23.2. The van der Waals surface area contributed by atoms with Crippen LogP contribution in [0, 0.1) is 0 Å². The van der Waals surface area contributed by atoms with E-state index < -0.39 is 66.2 Å². The van der Waals surface area contributed by atoms with E-state index in [9.17, 15) is 28.7 Å². The standard InChI is InChI=1S/C46H55N6O12P/c1-5-6-28-64-46(57)49-24-26-52(27-25-49,40(45(56)63-4)33-18-12-8-13-19-33)43(54)37(31-65(58,59)60)51(39(44(55)62-3)32-16-10-7-11-17-32)42(53)36-29-38(50-23-22-35(30-50)61-2)48-41(47-36)34-20-14-9-15-21-34/h7-21,29,35,37,39-40H,5-6,22-28,30-31H2,1-4H3,(H-,58,59,60)/p+1/t35-,37-,39?,40-/m0/s1. The van der Waals surface area contributed by atoms with Gasteiger partial charge in [-0.3, -0.25) is 14.3 Å². The number of carbonyl (C=O) groups excluding carboxylic acids is 5. The third kappa shape index (κ3) is 11.3. The number of ether oxygens (including phenoxy) is 4. The first-order valence-electron chi connectivity index (χ1n) is 21.4. The Morgan fingerprint density at radius 3 is 1.98 bits per heavy atom. The van der Waals surface area contributed by atoms with Crippen molar-refractivity contribution in [3.8, 4) is 11.4 Å². The summed E-state index contributed by atoms with van der Waals surface area (Å²) < 4.78 is 34.4. The van der Waals surface area contributed by atoms with Gasteiger partial charge in [-0.25, -0.2) is 33.6 Å². The fourth-order valence-electron chi connectivity index (χ4n) is 8.46. The van der Waals surface area contributed by atoms with E-state index in [0.29, 0.717) is 42.9 Å². The zero-order valence-electron chi connectivity index (χ0n) is 36.9. The van der Waals surface area contributed by atoms with Crippen LogP contribution in [-0.4, -0.2) is 149 Å². The minimum absolute atomic E-state index is 0.125. The Labute approximate surface area is 377 Å². The number of quaternary nitrogens is 1. The molecule has 0 aliphatic carbocycles. The van der Waals surface area contributed by atoms with Gasteiger partial charge in [-0.1, -0.05) is 104 Å². The highest BCUT2D eigenvalue weighted by molar-refractivity contribution is 7.51. The van der Waals surface area contributed by atoms with Crippen molar-refractivity contribution >= 4 is 43.3 Å². The first kappa shape index (κ1) is 48.4. The second-order valence-electron chi connectivity index (χ2n) is 15.9. The van der Waals surface area contributed by atoms with E-state index in [1.165, 1.54) is 23.1 Å². The van der Waals surface area contributed by atoms with Crippen molar-refractivity contribution in [3.05, 3.63) is 114 Å². The van der Waals surface area contributed by atoms with Gasteiger partial charge in [-0.15, -0.1) is 0 Å². The number of methoxy groups -OCH3 is 3. The average molecular weight is 916 g/mol. The molecule has 3 aromatic carbocycles. The van der Waals surface area contributed by atoms with Crippen LogP contribution in [0.5, 0.6) is 0 Å². The van der Waals surface area contributed by atoms with Crippen LogP contribution in [0.2, 0.25) is 0 Å². The summed E-state index contributed by atoms with van der Waals surface area (Å²) in [6.45, 7) is 2.20. The predicted octanol–water partition coefficient (Wildman–Crippen LogP) is 4.78. The molecule has 2 saturated heterocycles. The summed E-state index contributed by atoms with van der Waals surface area (Å²) in [4.78, 5) is 109. The van der Waals surface area contributed by atoms with Crippen LogP contribution in [0.3, 0.4) is 0 Å². The van der Waals surface area contributed by atoms with Crippen molar-refractivity contribution in [2.45, 2.75) is 50.4 Å². The van der Waals surface area contributed by atoms with Gasteiger partial charge >= 0.3 is 31.5 Å². The third-order valence-corrected chi connectivity index (χ3v) is 12.7. The number of anilines is 1. The Hall–Kier alpha value is -6.04. The number of unbranched alkanes of at least 4 members (excludes halogenated alkanes) is 1. The molecule has 1 unspecified atom stereocenters. The normalized spacial score (nSPS) is 17.4. The molecule has 4 atom stereocenters. The maximum atomic E-state index is 16.2. The Kier molecular flexibility index (Phi) is 16.2. The fraction of sp³-hybridized carbons (Fsp3) is 0.413. The highest BCUT2D eigenvalue weighted by atomic mass is 31.2. The van der Waals surface area contributed by atoms with E-state index in [1.54, 1.807) is 86.0 Å². The predicted molar refractivity (Wildman–Crippen MR) is 237 cm³/mol. The summed E-state index contributed by atoms with van der Waals surface area (Å²) in [6.07, 6.45) is -0.000704. The van der Waals surface area contributed by atoms with Crippen LogP contribution in [0.4, 0.5) is 10.6 Å². The second kappa shape index (κ2) is 21.8. The van der Waals surface area contributed by atoms with Gasteiger partial charge in [-0.05, 0) is 18.4 Å². The number of hydrogen-bond donors (Lipinski definition) is 2. The summed E-state index contributed by atoms with van der Waals surface area (Å²) in [7, 11) is -1.48. The molecule has 2 fully saturated rings. The van der Waals surface area contributed by atoms with Crippen LogP contribution < -0.4 is 4.90 Å². The molecule has 2 N–H and O–H groups in total. The number of rotatable bonds is 17. The number of aromatic nitrogens is 2. The number of amides is 3. The number of piperazine rings is 1. The van der Waals surface area contributed by atoms with Crippen molar-refractivity contribution in [2.24, 2.45) is 0 Å². The monoisotopic (exact) mass is 915 g/mol. The lowest BCUT2D eigenvalue weighted by Gasteiger charge is -2.48.